The van der Waals surface area contributed by atoms with Gasteiger partial charge in [-0.1, -0.05) is 0 Å². The molecule has 2 aromatic rings. The molecular weight excluding hydrogens is 294 g/mol. The lowest BCUT2D eigenvalue weighted by Gasteiger charge is -2.22. The Bertz CT molecular complexity index is 825. The zero-order chi connectivity index (χ0) is 16.4. The van der Waals surface area contributed by atoms with Crippen molar-refractivity contribution in [3.05, 3.63) is 52.7 Å². The highest BCUT2D eigenvalue weighted by Crippen LogP contribution is 2.30. The van der Waals surface area contributed by atoms with Gasteiger partial charge < -0.3 is 14.8 Å². The van der Waals surface area contributed by atoms with Crippen molar-refractivity contribution in [1.29, 1.82) is 0 Å². The lowest BCUT2D eigenvalue weighted by atomic mass is 10.1. The highest BCUT2D eigenvalue weighted by Gasteiger charge is 2.22. The van der Waals surface area contributed by atoms with Crippen LogP contribution in [0.15, 0.2) is 35.3 Å². The van der Waals surface area contributed by atoms with E-state index in [1.165, 1.54) is 18.3 Å². The summed E-state index contributed by atoms with van der Waals surface area (Å²) in [6.07, 6.45) is 0.618. The van der Waals surface area contributed by atoms with Crippen LogP contribution in [0.1, 0.15) is 33.4 Å². The van der Waals surface area contributed by atoms with Crippen LogP contribution in [0.2, 0.25) is 0 Å². The second-order valence-corrected chi connectivity index (χ2v) is 5.09. The lowest BCUT2D eigenvalue weighted by Crippen LogP contribution is -2.24. The van der Waals surface area contributed by atoms with Crippen molar-refractivity contribution in [3.63, 3.8) is 0 Å². The maximum Gasteiger partial charge on any atom is 0.337 e. The molecule has 1 aliphatic heterocycles. The summed E-state index contributed by atoms with van der Waals surface area (Å²) in [7, 11) is 1.34. The van der Waals surface area contributed by atoms with Gasteiger partial charge >= 0.3 is 5.97 Å². The molecule has 0 fully saturated rings. The largest absolute Gasteiger partial charge is 0.465 e. The molecule has 0 radical (unpaired) electrons. The van der Waals surface area contributed by atoms with Gasteiger partial charge in [0.15, 0.2) is 6.23 Å². The minimum atomic E-state index is -0.866. The third-order valence-corrected chi connectivity index (χ3v) is 3.45. The Hall–Kier alpha value is -3.04. The molecule has 1 atom stereocenters. The van der Waals surface area contributed by atoms with Gasteiger partial charge in [-0.3, -0.25) is 4.90 Å². The zero-order valence-corrected chi connectivity index (χ0v) is 12.7. The first-order valence-corrected chi connectivity index (χ1v) is 6.98. The number of hydrogen-bond donors (Lipinski definition) is 2. The first kappa shape index (κ1) is 14.9. The number of benzene rings is 1. The number of ether oxygens (including phenoxy) is 1. The van der Waals surface area contributed by atoms with Crippen LogP contribution < -0.4 is 0 Å². The highest BCUT2D eigenvalue weighted by atomic mass is 16.5. The lowest BCUT2D eigenvalue weighted by molar-refractivity contribution is 0.0600. The van der Waals surface area contributed by atoms with E-state index < -0.39 is 12.2 Å². The molecule has 0 amide bonds. The fourth-order valence-corrected chi connectivity index (χ4v) is 2.26. The smallest absolute Gasteiger partial charge is 0.337 e. The van der Waals surface area contributed by atoms with Crippen molar-refractivity contribution in [2.75, 3.05) is 7.11 Å². The van der Waals surface area contributed by atoms with E-state index in [-0.39, 0.29) is 0 Å². The number of H-pyrrole nitrogens is 1. The molecule has 6 heteroatoms. The molecule has 0 saturated carbocycles. The summed E-state index contributed by atoms with van der Waals surface area (Å²) in [6, 6.07) is 11.4. The number of rotatable bonds is 1. The van der Waals surface area contributed by atoms with Crippen molar-refractivity contribution in [2.24, 2.45) is 4.99 Å². The predicted octanol–water partition coefficient (Wildman–Crippen LogP) is 2.09. The van der Waals surface area contributed by atoms with Crippen LogP contribution >= 0.6 is 0 Å². The number of methoxy groups -OCH3 is 1. The number of aliphatic hydroxyl groups is 1. The number of nitrogens with zero attached hydrogens (tertiary/aromatic N) is 2. The number of aromatic amines is 1. The minimum Gasteiger partial charge on any atom is -0.465 e. The number of fused-ring (bicyclic) bond motifs is 1. The van der Waals surface area contributed by atoms with E-state index in [4.69, 9.17) is 0 Å². The van der Waals surface area contributed by atoms with Crippen molar-refractivity contribution in [3.8, 4) is 12.0 Å². The second kappa shape index (κ2) is 5.99. The van der Waals surface area contributed by atoms with Crippen LogP contribution in [0.5, 0.6) is 0 Å². The molecule has 2 heterocycles. The molecule has 3 rings (SSSR count). The van der Waals surface area contributed by atoms with Gasteiger partial charge in [-0.25, -0.2) is 9.79 Å². The summed E-state index contributed by atoms with van der Waals surface area (Å²) >= 11 is 0. The van der Waals surface area contributed by atoms with Gasteiger partial charge in [0.25, 0.3) is 0 Å². The Morgan fingerprint density at radius 2 is 2.13 bits per heavy atom. The van der Waals surface area contributed by atoms with Crippen LogP contribution in [0, 0.1) is 18.9 Å². The number of hydrogen-bond acceptors (Lipinski definition) is 5. The maximum absolute atomic E-state index is 11.4. The quantitative estimate of drug-likeness (QED) is 0.624. The molecule has 116 valence electrons. The Morgan fingerprint density at radius 1 is 1.39 bits per heavy atom. The summed E-state index contributed by atoms with van der Waals surface area (Å²) < 4.78 is 4.64. The third kappa shape index (κ3) is 2.96. The Kier molecular flexibility index (Phi) is 3.87. The van der Waals surface area contributed by atoms with Gasteiger partial charge in [0.05, 0.1) is 12.7 Å². The number of carbonyl (C=O) groups excluding carboxylic acids is 1. The summed E-state index contributed by atoms with van der Waals surface area (Å²) in [5, 5.41) is 10.3. The van der Waals surface area contributed by atoms with E-state index in [1.807, 2.05) is 13.0 Å². The van der Waals surface area contributed by atoms with Crippen LogP contribution in [0.3, 0.4) is 0 Å². The Balaban J connectivity index is 1.78. The normalized spacial score (nSPS) is 15.6. The van der Waals surface area contributed by atoms with Gasteiger partial charge in [0.1, 0.15) is 12.2 Å². The Labute approximate surface area is 133 Å². The summed E-state index contributed by atoms with van der Waals surface area (Å²) in [5.74, 6) is 3.19. The number of esters is 1. The van der Waals surface area contributed by atoms with Crippen molar-refractivity contribution < 1.29 is 14.6 Å². The number of aromatic nitrogens is 1. The molecule has 2 N–H and O–H groups in total. The maximum atomic E-state index is 11.4. The van der Waals surface area contributed by atoms with Crippen LogP contribution in [-0.4, -0.2) is 34.4 Å². The zero-order valence-electron chi connectivity index (χ0n) is 12.7. The number of nitrogens with one attached hydrogen (secondary N) is 1. The highest BCUT2D eigenvalue weighted by molar-refractivity contribution is 5.89. The van der Waals surface area contributed by atoms with Gasteiger partial charge in [-0.05, 0) is 43.2 Å². The average Bonchev–Trinajstić information content (AvgIpc) is 2.95. The molecule has 0 bridgehead atoms. The molecule has 1 aliphatic rings. The third-order valence-electron chi connectivity index (χ3n) is 3.45. The van der Waals surface area contributed by atoms with Gasteiger partial charge in [0, 0.05) is 22.9 Å². The van der Waals surface area contributed by atoms with Crippen molar-refractivity contribution in [2.45, 2.75) is 13.2 Å². The summed E-state index contributed by atoms with van der Waals surface area (Å²) in [5.41, 5.74) is 2.80. The van der Waals surface area contributed by atoms with Crippen LogP contribution in [0.25, 0.3) is 0 Å². The van der Waals surface area contributed by atoms with Gasteiger partial charge in [-0.15, -0.1) is 0 Å². The summed E-state index contributed by atoms with van der Waals surface area (Å²) in [4.78, 5) is 20.1. The molecular formula is C17H15N3O3. The predicted molar refractivity (Wildman–Crippen MR) is 85.1 cm³/mol. The molecule has 6 nitrogen and oxygen atoms in total. The van der Waals surface area contributed by atoms with Crippen molar-refractivity contribution in [1.82, 2.24) is 9.88 Å². The van der Waals surface area contributed by atoms with Crippen molar-refractivity contribution >= 4 is 18.1 Å². The number of carbonyl (C=O) groups is 1. The van der Waals surface area contributed by atoms with E-state index in [0.717, 1.165) is 5.69 Å². The van der Waals surface area contributed by atoms with E-state index in [0.29, 0.717) is 22.5 Å². The second-order valence-electron chi connectivity index (χ2n) is 5.09. The van der Waals surface area contributed by atoms with Gasteiger partial charge in [-0.2, -0.15) is 0 Å². The Morgan fingerprint density at radius 3 is 2.83 bits per heavy atom. The minimum absolute atomic E-state index is 0.390. The topological polar surface area (TPSA) is 77.9 Å². The number of aliphatic imine (C=N–C) groups is 1. The number of aryl methyl sites for hydroxylation is 1. The van der Waals surface area contributed by atoms with E-state index >= 15 is 0 Å². The molecule has 1 unspecified atom stereocenters. The SMILES string of the molecule is COC(=O)c1ccc(C#CN2C=Nc3[nH]c(C)cc3C2O)cc1. The standard InChI is InChI=1S/C17H15N3O3/c1-11-9-14-15(19-11)18-10-20(16(14)21)8-7-12-3-5-13(6-4-12)17(22)23-2/h3-6,9-10,16,19,21H,1-2H3. The molecule has 23 heavy (non-hydrogen) atoms. The first-order chi connectivity index (χ1) is 11.1. The van der Waals surface area contributed by atoms with Gasteiger partial charge in [0.2, 0.25) is 0 Å². The molecule has 0 aliphatic carbocycles. The molecule has 0 spiro atoms. The van der Waals surface area contributed by atoms with E-state index in [2.05, 4.69) is 26.7 Å². The van der Waals surface area contributed by atoms with Crippen LogP contribution in [0.4, 0.5) is 5.82 Å². The fourth-order valence-electron chi connectivity index (χ4n) is 2.26. The summed E-state index contributed by atoms with van der Waals surface area (Å²) in [6.45, 7) is 1.90. The fraction of sp³-hybridized carbons (Fsp3) is 0.176. The number of aliphatic hydroxyl groups excluding tert-OH is 1. The first-order valence-electron chi connectivity index (χ1n) is 6.98. The molecule has 1 aromatic carbocycles. The van der Waals surface area contributed by atoms with Crippen LogP contribution in [-0.2, 0) is 4.74 Å². The molecule has 0 saturated heterocycles. The molecule has 1 aromatic heterocycles. The van der Waals surface area contributed by atoms with E-state index in [9.17, 15) is 9.90 Å². The monoisotopic (exact) mass is 309 g/mol. The van der Waals surface area contributed by atoms with E-state index in [1.54, 1.807) is 24.3 Å². The average molecular weight is 309 g/mol.